The first-order valence-electron chi connectivity index (χ1n) is 9.85. The van der Waals surface area contributed by atoms with Crippen LogP contribution in [0.15, 0.2) is 42.6 Å². The fraction of sp³-hybridized carbons (Fsp3) is 0.455. The van der Waals surface area contributed by atoms with Gasteiger partial charge in [0.2, 0.25) is 0 Å². The van der Waals surface area contributed by atoms with Crippen molar-refractivity contribution in [3.8, 4) is 0 Å². The largest absolute Gasteiger partial charge is 0.383 e. The van der Waals surface area contributed by atoms with Crippen LogP contribution >= 0.6 is 0 Å². The van der Waals surface area contributed by atoms with Crippen molar-refractivity contribution < 1.29 is 14.3 Å². The van der Waals surface area contributed by atoms with Crippen LogP contribution in [-0.4, -0.2) is 54.6 Å². The van der Waals surface area contributed by atoms with Crippen LogP contribution in [0.2, 0.25) is 0 Å². The van der Waals surface area contributed by atoms with Gasteiger partial charge in [0.05, 0.1) is 6.61 Å². The number of methoxy groups -OCH3 is 1. The summed E-state index contributed by atoms with van der Waals surface area (Å²) in [6.45, 7) is 2.62. The molecule has 1 N–H and O–H groups in total. The van der Waals surface area contributed by atoms with E-state index in [-0.39, 0.29) is 11.8 Å². The number of likely N-dealkylation sites (tertiary alicyclic amines) is 1. The molecule has 0 aliphatic carbocycles. The second-order valence-corrected chi connectivity index (χ2v) is 7.39. The van der Waals surface area contributed by atoms with Crippen LogP contribution in [0.5, 0.6) is 0 Å². The standard InChI is InChI=1S/C22H29N3O3/c1-24-12-3-4-20(24)22(27)25-13-9-18(10-14-25)16-17-5-7-19(8-6-17)21(26)23-11-15-28-2/h3-8,12,18H,9-11,13-16H2,1-2H3,(H,23,26). The average Bonchev–Trinajstić information content (AvgIpc) is 3.14. The Morgan fingerprint density at radius 3 is 2.46 bits per heavy atom. The molecular formula is C22H29N3O3. The number of rotatable bonds is 7. The zero-order valence-electron chi connectivity index (χ0n) is 16.7. The molecule has 0 unspecified atom stereocenters. The number of nitrogens with one attached hydrogen (secondary N) is 1. The van der Waals surface area contributed by atoms with Crippen LogP contribution in [0.4, 0.5) is 0 Å². The van der Waals surface area contributed by atoms with Gasteiger partial charge in [0, 0.05) is 45.6 Å². The van der Waals surface area contributed by atoms with Gasteiger partial charge in [0.25, 0.3) is 11.8 Å². The number of piperidine rings is 1. The molecule has 150 valence electrons. The lowest BCUT2D eigenvalue weighted by Crippen LogP contribution is -2.39. The molecule has 2 aromatic rings. The third-order valence-electron chi connectivity index (χ3n) is 5.40. The molecule has 1 fully saturated rings. The van der Waals surface area contributed by atoms with Crippen molar-refractivity contribution in [3.05, 3.63) is 59.4 Å². The van der Waals surface area contributed by atoms with Crippen LogP contribution in [0.25, 0.3) is 0 Å². The van der Waals surface area contributed by atoms with E-state index in [1.165, 1.54) is 5.56 Å². The topological polar surface area (TPSA) is 63.6 Å². The highest BCUT2D eigenvalue weighted by Crippen LogP contribution is 2.23. The molecule has 0 spiro atoms. The van der Waals surface area contributed by atoms with E-state index in [4.69, 9.17) is 4.74 Å². The zero-order chi connectivity index (χ0) is 19.9. The number of amides is 2. The van der Waals surface area contributed by atoms with Crippen LogP contribution in [0.3, 0.4) is 0 Å². The lowest BCUT2D eigenvalue weighted by atomic mass is 9.90. The molecule has 1 aliphatic heterocycles. The number of nitrogens with zero attached hydrogens (tertiary/aromatic N) is 2. The third kappa shape index (κ3) is 5.01. The SMILES string of the molecule is COCCNC(=O)c1ccc(CC2CCN(C(=O)c3cccn3C)CC2)cc1. The predicted octanol–water partition coefficient (Wildman–Crippen LogP) is 2.50. The fourth-order valence-electron chi connectivity index (χ4n) is 3.68. The Morgan fingerprint density at radius 1 is 1.14 bits per heavy atom. The minimum absolute atomic E-state index is 0.0731. The quantitative estimate of drug-likeness (QED) is 0.747. The summed E-state index contributed by atoms with van der Waals surface area (Å²) in [4.78, 5) is 26.6. The molecule has 0 saturated carbocycles. The number of carbonyl (C=O) groups excluding carboxylic acids is 2. The minimum Gasteiger partial charge on any atom is -0.383 e. The average molecular weight is 383 g/mol. The number of hydrogen-bond acceptors (Lipinski definition) is 3. The summed E-state index contributed by atoms with van der Waals surface area (Å²) in [6, 6.07) is 11.6. The molecule has 1 aliphatic rings. The molecule has 6 nitrogen and oxygen atoms in total. The van der Waals surface area contributed by atoms with Crippen LogP contribution in [0, 0.1) is 5.92 Å². The van der Waals surface area contributed by atoms with Gasteiger partial charge in [-0.1, -0.05) is 12.1 Å². The molecule has 1 saturated heterocycles. The Bertz CT molecular complexity index is 790. The van der Waals surface area contributed by atoms with Gasteiger partial charge in [-0.2, -0.15) is 0 Å². The summed E-state index contributed by atoms with van der Waals surface area (Å²) in [5, 5.41) is 2.83. The van der Waals surface area contributed by atoms with Gasteiger partial charge in [-0.25, -0.2) is 0 Å². The number of hydrogen-bond donors (Lipinski definition) is 1. The van der Waals surface area contributed by atoms with Gasteiger partial charge < -0.3 is 19.5 Å². The smallest absolute Gasteiger partial charge is 0.270 e. The highest BCUT2D eigenvalue weighted by Gasteiger charge is 2.24. The molecule has 0 radical (unpaired) electrons. The van der Waals surface area contributed by atoms with E-state index in [9.17, 15) is 9.59 Å². The first-order chi connectivity index (χ1) is 13.6. The number of benzene rings is 1. The van der Waals surface area contributed by atoms with Crippen molar-refractivity contribution in [2.75, 3.05) is 33.4 Å². The van der Waals surface area contributed by atoms with Crippen molar-refractivity contribution in [2.24, 2.45) is 13.0 Å². The first-order valence-corrected chi connectivity index (χ1v) is 9.85. The molecule has 6 heteroatoms. The number of aromatic nitrogens is 1. The van der Waals surface area contributed by atoms with Gasteiger partial charge >= 0.3 is 0 Å². The van der Waals surface area contributed by atoms with E-state index in [0.717, 1.165) is 38.0 Å². The summed E-state index contributed by atoms with van der Waals surface area (Å²) in [7, 11) is 3.52. The Kier molecular flexibility index (Phi) is 6.87. The van der Waals surface area contributed by atoms with E-state index < -0.39 is 0 Å². The molecule has 0 bridgehead atoms. The zero-order valence-corrected chi connectivity index (χ0v) is 16.7. The molecule has 28 heavy (non-hydrogen) atoms. The summed E-state index contributed by atoms with van der Waals surface area (Å²) < 4.78 is 6.82. The minimum atomic E-state index is -0.0731. The highest BCUT2D eigenvalue weighted by atomic mass is 16.5. The molecule has 1 aromatic carbocycles. The van der Waals surface area contributed by atoms with Crippen LogP contribution < -0.4 is 5.32 Å². The molecular weight excluding hydrogens is 354 g/mol. The van der Waals surface area contributed by atoms with Crippen LogP contribution in [0.1, 0.15) is 39.3 Å². The maximum absolute atomic E-state index is 12.6. The molecule has 2 heterocycles. The van der Waals surface area contributed by atoms with Gasteiger partial charge in [-0.3, -0.25) is 9.59 Å². The van der Waals surface area contributed by atoms with E-state index in [0.29, 0.717) is 24.6 Å². The van der Waals surface area contributed by atoms with Crippen molar-refractivity contribution in [1.29, 1.82) is 0 Å². The summed E-state index contributed by atoms with van der Waals surface area (Å²) in [6.07, 6.45) is 4.91. The van der Waals surface area contributed by atoms with Crippen molar-refractivity contribution in [1.82, 2.24) is 14.8 Å². The fourth-order valence-corrected chi connectivity index (χ4v) is 3.68. The Morgan fingerprint density at radius 2 is 1.86 bits per heavy atom. The van der Waals surface area contributed by atoms with Gasteiger partial charge in [-0.05, 0) is 55.0 Å². The highest BCUT2D eigenvalue weighted by molar-refractivity contribution is 5.94. The summed E-state index contributed by atoms with van der Waals surface area (Å²) in [5.41, 5.74) is 2.65. The van der Waals surface area contributed by atoms with Gasteiger partial charge in [0.1, 0.15) is 5.69 Å². The molecule has 0 atom stereocenters. The van der Waals surface area contributed by atoms with E-state index >= 15 is 0 Å². The summed E-state index contributed by atoms with van der Waals surface area (Å²) >= 11 is 0. The first kappa shape index (κ1) is 20.1. The van der Waals surface area contributed by atoms with Crippen molar-refractivity contribution >= 4 is 11.8 Å². The summed E-state index contributed by atoms with van der Waals surface area (Å²) in [5.74, 6) is 0.615. The second-order valence-electron chi connectivity index (χ2n) is 7.39. The Balaban J connectivity index is 1.47. The maximum atomic E-state index is 12.6. The van der Waals surface area contributed by atoms with Crippen molar-refractivity contribution in [3.63, 3.8) is 0 Å². The molecule has 3 rings (SSSR count). The maximum Gasteiger partial charge on any atom is 0.270 e. The lowest BCUT2D eigenvalue weighted by molar-refractivity contribution is 0.0681. The molecule has 1 aromatic heterocycles. The Labute approximate surface area is 166 Å². The van der Waals surface area contributed by atoms with E-state index in [1.807, 2.05) is 59.1 Å². The number of ether oxygens (including phenoxy) is 1. The lowest BCUT2D eigenvalue weighted by Gasteiger charge is -2.32. The van der Waals surface area contributed by atoms with Gasteiger partial charge in [-0.15, -0.1) is 0 Å². The van der Waals surface area contributed by atoms with Crippen molar-refractivity contribution in [2.45, 2.75) is 19.3 Å². The van der Waals surface area contributed by atoms with E-state index in [2.05, 4.69) is 5.32 Å². The molecule has 2 amide bonds. The number of aryl methyl sites for hydroxylation is 1. The second kappa shape index (κ2) is 9.55. The van der Waals surface area contributed by atoms with E-state index in [1.54, 1.807) is 7.11 Å². The predicted molar refractivity (Wildman–Crippen MR) is 108 cm³/mol. The Hall–Kier alpha value is -2.60. The monoisotopic (exact) mass is 383 g/mol. The van der Waals surface area contributed by atoms with Crippen LogP contribution in [-0.2, 0) is 18.2 Å². The normalized spacial score (nSPS) is 14.9. The third-order valence-corrected chi connectivity index (χ3v) is 5.40. The van der Waals surface area contributed by atoms with Gasteiger partial charge in [0.15, 0.2) is 0 Å². The number of carbonyl (C=O) groups is 2.